The minimum atomic E-state index is -0.0586. The number of terminal acetylenes is 1. The first-order chi connectivity index (χ1) is 10.8. The topological polar surface area (TPSA) is 27.7 Å². The zero-order valence-electron chi connectivity index (χ0n) is 12.7. The third-order valence-electron chi connectivity index (χ3n) is 4.09. The summed E-state index contributed by atoms with van der Waals surface area (Å²) in [5.41, 5.74) is 1.18. The largest absolute Gasteiger partial charge is 0.374 e. The van der Waals surface area contributed by atoms with Gasteiger partial charge < -0.3 is 14.2 Å². The minimum absolute atomic E-state index is 0.00238. The van der Waals surface area contributed by atoms with Crippen LogP contribution < -0.4 is 0 Å². The van der Waals surface area contributed by atoms with Crippen LogP contribution in [-0.4, -0.2) is 31.0 Å². The molecule has 1 fully saturated rings. The second kappa shape index (κ2) is 7.60. The Balaban J connectivity index is 1.44. The van der Waals surface area contributed by atoms with Crippen LogP contribution in [0.4, 0.5) is 0 Å². The predicted molar refractivity (Wildman–Crippen MR) is 85.2 cm³/mol. The van der Waals surface area contributed by atoms with Crippen molar-refractivity contribution in [3.05, 3.63) is 48.0 Å². The van der Waals surface area contributed by atoms with Crippen LogP contribution in [0, 0.1) is 12.3 Å². The van der Waals surface area contributed by atoms with E-state index >= 15 is 0 Å². The quantitative estimate of drug-likeness (QED) is 0.617. The van der Waals surface area contributed by atoms with Gasteiger partial charge >= 0.3 is 0 Å². The monoisotopic (exact) mass is 298 g/mol. The van der Waals surface area contributed by atoms with Gasteiger partial charge in [-0.2, -0.15) is 0 Å². The molecular weight excluding hydrogens is 276 g/mol. The van der Waals surface area contributed by atoms with E-state index in [0.717, 1.165) is 19.3 Å². The van der Waals surface area contributed by atoms with Crippen molar-refractivity contribution in [2.75, 3.05) is 6.61 Å². The molecular formula is C19H22O3. The van der Waals surface area contributed by atoms with Gasteiger partial charge in [-0.15, -0.1) is 6.42 Å². The molecule has 3 heteroatoms. The lowest BCUT2D eigenvalue weighted by molar-refractivity contribution is -0.0978. The lowest BCUT2D eigenvalue weighted by Crippen LogP contribution is -2.36. The molecule has 0 aliphatic carbocycles. The molecule has 0 saturated carbocycles. The molecule has 0 unspecified atom stereocenters. The molecule has 0 bridgehead atoms. The van der Waals surface area contributed by atoms with Gasteiger partial charge in [0.2, 0.25) is 0 Å². The highest BCUT2D eigenvalue weighted by atomic mass is 16.6. The van der Waals surface area contributed by atoms with Gasteiger partial charge in [-0.3, -0.25) is 0 Å². The second-order valence-corrected chi connectivity index (χ2v) is 5.79. The van der Waals surface area contributed by atoms with Crippen molar-refractivity contribution in [3.63, 3.8) is 0 Å². The summed E-state index contributed by atoms with van der Waals surface area (Å²) in [7, 11) is 0. The second-order valence-electron chi connectivity index (χ2n) is 5.79. The third-order valence-corrected chi connectivity index (χ3v) is 4.09. The lowest BCUT2D eigenvalue weighted by atomic mass is 10.1. The summed E-state index contributed by atoms with van der Waals surface area (Å²) in [6.45, 7) is 1.22. The summed E-state index contributed by atoms with van der Waals surface area (Å²) in [6, 6.07) is 10.2. The zero-order chi connectivity index (χ0) is 15.2. The molecule has 2 heterocycles. The van der Waals surface area contributed by atoms with Crippen molar-refractivity contribution in [1.82, 2.24) is 0 Å². The molecule has 0 amide bonds. The number of rotatable bonds is 5. The van der Waals surface area contributed by atoms with E-state index in [1.54, 1.807) is 0 Å². The van der Waals surface area contributed by atoms with Gasteiger partial charge in [-0.05, 0) is 24.8 Å². The molecule has 2 aliphatic heterocycles. The summed E-state index contributed by atoms with van der Waals surface area (Å²) in [5, 5.41) is 0. The van der Waals surface area contributed by atoms with E-state index in [4.69, 9.17) is 20.6 Å². The summed E-state index contributed by atoms with van der Waals surface area (Å²) in [4.78, 5) is 0. The Labute approximate surface area is 132 Å². The zero-order valence-corrected chi connectivity index (χ0v) is 12.7. The van der Waals surface area contributed by atoms with Crippen molar-refractivity contribution in [2.45, 2.75) is 50.3 Å². The number of benzene rings is 1. The first-order valence-corrected chi connectivity index (χ1v) is 7.90. The summed E-state index contributed by atoms with van der Waals surface area (Å²) < 4.78 is 17.7. The average molecular weight is 298 g/mol. The fourth-order valence-corrected chi connectivity index (χ4v) is 2.92. The Kier molecular flexibility index (Phi) is 5.29. The van der Waals surface area contributed by atoms with Crippen molar-refractivity contribution < 1.29 is 14.2 Å². The fraction of sp³-hybridized carbons (Fsp3) is 0.474. The van der Waals surface area contributed by atoms with Crippen LogP contribution >= 0.6 is 0 Å². The predicted octanol–water partition coefficient (Wildman–Crippen LogP) is 3.10. The van der Waals surface area contributed by atoms with Gasteiger partial charge in [0.1, 0.15) is 12.2 Å². The van der Waals surface area contributed by atoms with Crippen LogP contribution in [0.15, 0.2) is 42.5 Å². The van der Waals surface area contributed by atoms with E-state index in [1.165, 1.54) is 5.56 Å². The van der Waals surface area contributed by atoms with Gasteiger partial charge in [0, 0.05) is 0 Å². The standard InChI is InChI=1S/C19H22O3/c1-2-16-11-12-19(21-16)18-10-6-9-17(22-18)14-20-13-15-7-4-3-5-8-15/h1,3-8,10,16-19H,9,11-14H2/t16-,17+,18-,19+/m1/s1. The molecule has 1 saturated heterocycles. The highest BCUT2D eigenvalue weighted by molar-refractivity contribution is 5.13. The molecule has 3 nitrogen and oxygen atoms in total. The molecule has 22 heavy (non-hydrogen) atoms. The van der Waals surface area contributed by atoms with Gasteiger partial charge in [-0.1, -0.05) is 48.4 Å². The molecule has 116 valence electrons. The van der Waals surface area contributed by atoms with Gasteiger partial charge in [0.15, 0.2) is 0 Å². The van der Waals surface area contributed by atoms with Crippen LogP contribution in [0.5, 0.6) is 0 Å². The third kappa shape index (κ3) is 3.98. The Morgan fingerprint density at radius 2 is 2.05 bits per heavy atom. The Bertz CT molecular complexity index is 531. The van der Waals surface area contributed by atoms with Crippen LogP contribution in [0.3, 0.4) is 0 Å². The van der Waals surface area contributed by atoms with Crippen LogP contribution in [0.2, 0.25) is 0 Å². The van der Waals surface area contributed by atoms with Crippen LogP contribution in [0.1, 0.15) is 24.8 Å². The van der Waals surface area contributed by atoms with Crippen LogP contribution in [-0.2, 0) is 20.8 Å². The van der Waals surface area contributed by atoms with E-state index in [1.807, 2.05) is 18.2 Å². The van der Waals surface area contributed by atoms with Crippen molar-refractivity contribution >= 4 is 0 Å². The maximum Gasteiger partial charge on any atom is 0.118 e. The van der Waals surface area contributed by atoms with Crippen molar-refractivity contribution in [2.24, 2.45) is 0 Å². The maximum absolute atomic E-state index is 6.10. The van der Waals surface area contributed by atoms with E-state index in [9.17, 15) is 0 Å². The lowest BCUT2D eigenvalue weighted by Gasteiger charge is -2.29. The maximum atomic E-state index is 6.10. The molecule has 3 rings (SSSR count). The highest BCUT2D eigenvalue weighted by Crippen LogP contribution is 2.27. The Morgan fingerprint density at radius 3 is 2.82 bits per heavy atom. The molecule has 0 N–H and O–H groups in total. The molecule has 0 spiro atoms. The van der Waals surface area contributed by atoms with E-state index in [-0.39, 0.29) is 24.4 Å². The van der Waals surface area contributed by atoms with Crippen LogP contribution in [0.25, 0.3) is 0 Å². The Hall–Kier alpha value is -1.60. The van der Waals surface area contributed by atoms with Crippen molar-refractivity contribution in [1.29, 1.82) is 0 Å². The molecule has 2 aliphatic rings. The summed E-state index contributed by atoms with van der Waals surface area (Å²) >= 11 is 0. The minimum Gasteiger partial charge on any atom is -0.374 e. The van der Waals surface area contributed by atoms with E-state index in [2.05, 4.69) is 30.2 Å². The summed E-state index contributed by atoms with van der Waals surface area (Å²) in [6.07, 6.45) is 12.6. The number of ether oxygens (including phenoxy) is 3. The smallest absolute Gasteiger partial charge is 0.118 e. The average Bonchev–Trinajstić information content (AvgIpc) is 3.05. The molecule has 1 aromatic carbocycles. The molecule has 0 aromatic heterocycles. The molecule has 4 atom stereocenters. The molecule has 1 aromatic rings. The fourth-order valence-electron chi connectivity index (χ4n) is 2.92. The van der Waals surface area contributed by atoms with Gasteiger partial charge in [0.05, 0.1) is 25.4 Å². The normalized spacial score (nSPS) is 31.0. The van der Waals surface area contributed by atoms with Crippen molar-refractivity contribution in [3.8, 4) is 12.3 Å². The Morgan fingerprint density at radius 1 is 1.18 bits per heavy atom. The number of hydrogen-bond acceptors (Lipinski definition) is 3. The van der Waals surface area contributed by atoms with E-state index in [0.29, 0.717) is 13.2 Å². The summed E-state index contributed by atoms with van der Waals surface area (Å²) in [5.74, 6) is 2.67. The van der Waals surface area contributed by atoms with E-state index < -0.39 is 0 Å². The van der Waals surface area contributed by atoms with Gasteiger partial charge in [-0.25, -0.2) is 0 Å². The number of hydrogen-bond donors (Lipinski definition) is 0. The first kappa shape index (κ1) is 15.3. The molecule has 0 radical (unpaired) electrons. The SMILES string of the molecule is C#C[C@@H]1CC[C@@H]([C@H]2C=CC[C@@H](COCc3ccccc3)O2)O1. The first-order valence-electron chi connectivity index (χ1n) is 7.90. The van der Waals surface area contributed by atoms with Gasteiger partial charge in [0.25, 0.3) is 0 Å². The highest BCUT2D eigenvalue weighted by Gasteiger charge is 2.32.